The monoisotopic (exact) mass is 469 g/mol. The van der Waals surface area contributed by atoms with Crippen LogP contribution in [0, 0.1) is 6.92 Å². The average Bonchev–Trinajstić information content (AvgIpc) is 3.22. The van der Waals surface area contributed by atoms with Gasteiger partial charge in [-0.1, -0.05) is 48.1 Å². The van der Waals surface area contributed by atoms with Crippen LogP contribution in [0.2, 0.25) is 0 Å². The lowest BCUT2D eigenvalue weighted by atomic mass is 10.1. The van der Waals surface area contributed by atoms with Gasteiger partial charge in [0.2, 0.25) is 0 Å². The van der Waals surface area contributed by atoms with Crippen LogP contribution in [0.3, 0.4) is 0 Å². The summed E-state index contributed by atoms with van der Waals surface area (Å²) in [4.78, 5) is 16.2. The molecule has 0 aliphatic carbocycles. The number of rotatable bonds is 5. The van der Waals surface area contributed by atoms with Crippen molar-refractivity contribution in [2.45, 2.75) is 31.1 Å². The van der Waals surface area contributed by atoms with Gasteiger partial charge >= 0.3 is 0 Å². The van der Waals surface area contributed by atoms with Crippen molar-refractivity contribution in [3.8, 4) is 0 Å². The molecular formula is C22H23N5O3S2. The molecule has 1 aromatic heterocycles. The molecule has 4 rings (SSSR count). The van der Waals surface area contributed by atoms with E-state index in [-0.39, 0.29) is 16.4 Å². The first-order valence-corrected chi connectivity index (χ1v) is 12.2. The van der Waals surface area contributed by atoms with Crippen molar-refractivity contribution in [3.05, 3.63) is 71.4 Å². The number of carbonyl (C=O) groups is 1. The van der Waals surface area contributed by atoms with E-state index in [9.17, 15) is 13.2 Å². The zero-order chi connectivity index (χ0) is 22.7. The van der Waals surface area contributed by atoms with Gasteiger partial charge in [-0.15, -0.1) is 15.0 Å². The third kappa shape index (κ3) is 4.71. The lowest BCUT2D eigenvalue weighted by Crippen LogP contribution is -2.35. The maximum atomic E-state index is 13.0. The Morgan fingerprint density at radius 2 is 1.62 bits per heavy atom. The largest absolute Gasteiger partial charge is 0.361 e. The highest BCUT2D eigenvalue weighted by Crippen LogP contribution is 2.22. The number of nitrogens with zero attached hydrogens (tertiary/aromatic N) is 4. The molecule has 3 aromatic rings. The van der Waals surface area contributed by atoms with Gasteiger partial charge in [0.1, 0.15) is 4.99 Å². The van der Waals surface area contributed by atoms with Crippen LogP contribution in [-0.4, -0.2) is 52.3 Å². The van der Waals surface area contributed by atoms with Crippen molar-refractivity contribution in [2.75, 3.05) is 17.8 Å². The number of carbonyl (C=O) groups excluding carboxylic acids is 1. The minimum atomic E-state index is -3.95. The van der Waals surface area contributed by atoms with Crippen LogP contribution >= 0.6 is 12.2 Å². The Bertz CT molecular complexity index is 1230. The first kappa shape index (κ1) is 22.1. The summed E-state index contributed by atoms with van der Waals surface area (Å²) in [5.41, 5.74) is 1.49. The molecule has 0 bridgehead atoms. The minimum absolute atomic E-state index is 0.0644. The Morgan fingerprint density at radius 1 is 0.969 bits per heavy atom. The van der Waals surface area contributed by atoms with Gasteiger partial charge < -0.3 is 4.90 Å². The molecule has 0 spiro atoms. The molecule has 32 heavy (non-hydrogen) atoms. The second-order valence-corrected chi connectivity index (χ2v) is 9.70. The smallest absolute Gasteiger partial charge is 0.295 e. The number of aromatic nitrogens is 3. The number of piperidine rings is 1. The van der Waals surface area contributed by atoms with E-state index in [0.717, 1.165) is 42.7 Å². The fraction of sp³-hybridized carbons (Fsp3) is 0.273. The number of thiocarbonyl (C=S) groups is 1. The van der Waals surface area contributed by atoms with E-state index < -0.39 is 15.9 Å². The van der Waals surface area contributed by atoms with Crippen molar-refractivity contribution in [2.24, 2.45) is 0 Å². The molecule has 1 saturated heterocycles. The highest BCUT2D eigenvalue weighted by molar-refractivity contribution is 7.92. The van der Waals surface area contributed by atoms with Crippen LogP contribution in [0.1, 0.15) is 40.9 Å². The summed E-state index contributed by atoms with van der Waals surface area (Å²) < 4.78 is 28.4. The summed E-state index contributed by atoms with van der Waals surface area (Å²) in [7, 11) is -3.95. The predicted octanol–water partition coefficient (Wildman–Crippen LogP) is 3.24. The van der Waals surface area contributed by atoms with Crippen molar-refractivity contribution in [3.63, 3.8) is 0 Å². The number of nitrogens with one attached hydrogen (secondary N) is 1. The third-order valence-corrected chi connectivity index (χ3v) is 7.03. The number of hydrogen-bond donors (Lipinski definition) is 1. The summed E-state index contributed by atoms with van der Waals surface area (Å²) in [5, 5.41) is 8.48. The van der Waals surface area contributed by atoms with Crippen LogP contribution in [0.4, 0.5) is 5.82 Å². The molecule has 2 aromatic carbocycles. The fourth-order valence-corrected chi connectivity index (χ4v) is 4.78. The molecule has 1 N–H and O–H groups in total. The Balaban J connectivity index is 1.72. The quantitative estimate of drug-likeness (QED) is 0.573. The van der Waals surface area contributed by atoms with Gasteiger partial charge in [-0.25, -0.2) is 8.42 Å². The van der Waals surface area contributed by atoms with Crippen LogP contribution in [-0.2, 0) is 10.0 Å². The van der Waals surface area contributed by atoms with Crippen molar-refractivity contribution in [1.29, 1.82) is 0 Å². The molecule has 0 atom stereocenters. The van der Waals surface area contributed by atoms with E-state index in [1.54, 1.807) is 42.5 Å². The lowest BCUT2D eigenvalue weighted by molar-refractivity contribution is 0.0927. The molecule has 0 saturated carbocycles. The number of hydrogen-bond acceptors (Lipinski definition) is 6. The molecule has 0 radical (unpaired) electrons. The summed E-state index contributed by atoms with van der Waals surface area (Å²) in [6, 6.07) is 15.0. The Labute approximate surface area is 192 Å². The highest BCUT2D eigenvalue weighted by atomic mass is 32.2. The standard InChI is InChI=1S/C22H23N5O3S2/c1-16-10-12-18(13-11-16)32(29,30)25-20-19(22(31)26-14-6-3-7-15-26)23-27(24-20)21(28)17-8-4-2-5-9-17/h2,4-5,8-13H,3,6-7,14-15H2,1H3,(H,24,25). The number of aryl methyl sites for hydroxylation is 1. The van der Waals surface area contributed by atoms with Crippen molar-refractivity contribution >= 4 is 39.0 Å². The first-order valence-electron chi connectivity index (χ1n) is 10.3. The Kier molecular flexibility index (Phi) is 6.33. The number of sulfonamides is 1. The molecule has 0 amide bonds. The SMILES string of the molecule is Cc1ccc(S(=O)(=O)Nc2nn(C(=O)c3ccccc3)nc2C(=S)N2CCCCC2)cc1. The topological polar surface area (TPSA) is 97.2 Å². The van der Waals surface area contributed by atoms with E-state index in [1.165, 1.54) is 12.1 Å². The van der Waals surface area contributed by atoms with E-state index in [2.05, 4.69) is 14.9 Å². The first-order chi connectivity index (χ1) is 15.3. The van der Waals surface area contributed by atoms with Gasteiger partial charge in [0, 0.05) is 18.7 Å². The summed E-state index contributed by atoms with van der Waals surface area (Å²) in [6.07, 6.45) is 3.09. The van der Waals surface area contributed by atoms with Gasteiger partial charge in [-0.05, 0) is 50.5 Å². The molecule has 2 heterocycles. The Hall–Kier alpha value is -3.11. The van der Waals surface area contributed by atoms with Gasteiger partial charge in [-0.2, -0.15) is 0 Å². The molecule has 10 heteroatoms. The molecule has 1 aliphatic heterocycles. The van der Waals surface area contributed by atoms with Gasteiger partial charge in [-0.3, -0.25) is 9.52 Å². The average molecular weight is 470 g/mol. The third-order valence-electron chi connectivity index (χ3n) is 5.22. The van der Waals surface area contributed by atoms with Crippen LogP contribution in [0.25, 0.3) is 0 Å². The van der Waals surface area contributed by atoms with Crippen LogP contribution in [0.15, 0.2) is 59.5 Å². The summed E-state index contributed by atoms with van der Waals surface area (Å²) in [6.45, 7) is 3.38. The van der Waals surface area contributed by atoms with Gasteiger partial charge in [0.05, 0.1) is 4.90 Å². The predicted molar refractivity (Wildman–Crippen MR) is 125 cm³/mol. The lowest BCUT2D eigenvalue weighted by Gasteiger charge is -2.28. The van der Waals surface area contributed by atoms with E-state index in [1.807, 2.05) is 11.8 Å². The molecule has 1 fully saturated rings. The van der Waals surface area contributed by atoms with E-state index >= 15 is 0 Å². The molecule has 0 unspecified atom stereocenters. The number of anilines is 1. The summed E-state index contributed by atoms with van der Waals surface area (Å²) in [5.74, 6) is -0.542. The number of benzene rings is 2. The maximum absolute atomic E-state index is 13.0. The molecule has 166 valence electrons. The minimum Gasteiger partial charge on any atom is -0.361 e. The van der Waals surface area contributed by atoms with E-state index in [4.69, 9.17) is 12.2 Å². The fourth-order valence-electron chi connectivity index (χ4n) is 3.46. The van der Waals surface area contributed by atoms with Crippen LogP contribution < -0.4 is 4.72 Å². The highest BCUT2D eigenvalue weighted by Gasteiger charge is 2.27. The van der Waals surface area contributed by atoms with Crippen LogP contribution in [0.5, 0.6) is 0 Å². The van der Waals surface area contributed by atoms with Gasteiger partial charge in [0.15, 0.2) is 11.5 Å². The van der Waals surface area contributed by atoms with Crippen molar-refractivity contribution in [1.82, 2.24) is 19.9 Å². The van der Waals surface area contributed by atoms with Crippen molar-refractivity contribution < 1.29 is 13.2 Å². The molecule has 1 aliphatic rings. The second kappa shape index (κ2) is 9.17. The Morgan fingerprint density at radius 3 is 2.28 bits per heavy atom. The van der Waals surface area contributed by atoms with Gasteiger partial charge in [0.25, 0.3) is 15.9 Å². The molecule has 8 nitrogen and oxygen atoms in total. The summed E-state index contributed by atoms with van der Waals surface area (Å²) >= 11 is 5.63. The zero-order valence-electron chi connectivity index (χ0n) is 17.6. The molecular weight excluding hydrogens is 446 g/mol. The normalized spacial score (nSPS) is 14.2. The zero-order valence-corrected chi connectivity index (χ0v) is 19.2. The van der Waals surface area contributed by atoms with E-state index in [0.29, 0.717) is 10.6 Å². The second-order valence-electron chi connectivity index (χ2n) is 7.63. The number of likely N-dealkylation sites (tertiary alicyclic amines) is 1. The maximum Gasteiger partial charge on any atom is 0.295 e.